The van der Waals surface area contributed by atoms with Crippen molar-refractivity contribution in [2.45, 2.75) is 11.8 Å². The molecule has 4 nitrogen and oxygen atoms in total. The molecule has 16 heavy (non-hydrogen) atoms. The van der Waals surface area contributed by atoms with Gasteiger partial charge in [-0.1, -0.05) is 13.0 Å². The van der Waals surface area contributed by atoms with Crippen LogP contribution < -0.4 is 4.72 Å². The zero-order valence-electron chi connectivity index (χ0n) is 8.84. The molecule has 1 aromatic carbocycles. The Morgan fingerprint density at radius 1 is 1.31 bits per heavy atom. The third-order valence-corrected chi connectivity index (χ3v) is 3.76. The minimum Gasteiger partial charge on any atom is -0.256 e. The number of benzene rings is 1. The third kappa shape index (κ3) is 2.05. The van der Waals surface area contributed by atoms with Gasteiger partial charge < -0.3 is 0 Å². The average Bonchev–Trinajstić information content (AvgIpc) is 2.28. The lowest BCUT2D eigenvalue weighted by Gasteiger charge is -2.05. The van der Waals surface area contributed by atoms with Gasteiger partial charge in [-0.25, -0.2) is 13.1 Å². The van der Waals surface area contributed by atoms with Gasteiger partial charge in [-0.3, -0.25) is 4.98 Å². The predicted molar refractivity (Wildman–Crippen MR) is 62.6 cm³/mol. The highest BCUT2D eigenvalue weighted by molar-refractivity contribution is 7.89. The molecule has 0 aliphatic carbocycles. The smallest absolute Gasteiger partial charge is 0.240 e. The number of nitrogens with zero attached hydrogens (tertiary/aromatic N) is 1. The van der Waals surface area contributed by atoms with Crippen LogP contribution in [0, 0.1) is 0 Å². The molecule has 5 heteroatoms. The van der Waals surface area contributed by atoms with Crippen molar-refractivity contribution in [2.75, 3.05) is 6.54 Å². The Labute approximate surface area is 94.4 Å². The minimum atomic E-state index is -3.38. The third-order valence-electron chi connectivity index (χ3n) is 2.22. The molecule has 0 radical (unpaired) electrons. The largest absolute Gasteiger partial charge is 0.256 e. The van der Waals surface area contributed by atoms with Crippen LogP contribution in [0.25, 0.3) is 10.9 Å². The highest BCUT2D eigenvalue weighted by Gasteiger charge is 2.12. The van der Waals surface area contributed by atoms with Crippen LogP contribution in [0.2, 0.25) is 0 Å². The maximum absolute atomic E-state index is 11.7. The number of hydrogen-bond acceptors (Lipinski definition) is 3. The molecule has 1 aromatic heterocycles. The molecule has 2 aromatic rings. The lowest BCUT2D eigenvalue weighted by Crippen LogP contribution is -2.23. The molecule has 0 aliphatic rings. The van der Waals surface area contributed by atoms with E-state index in [0.29, 0.717) is 6.54 Å². The van der Waals surface area contributed by atoms with Gasteiger partial charge in [-0.05, 0) is 24.3 Å². The molecule has 0 aliphatic heterocycles. The second kappa shape index (κ2) is 4.19. The van der Waals surface area contributed by atoms with Gasteiger partial charge in [-0.15, -0.1) is 0 Å². The molecule has 0 unspecified atom stereocenters. The quantitative estimate of drug-likeness (QED) is 0.879. The van der Waals surface area contributed by atoms with E-state index in [1.54, 1.807) is 37.4 Å². The van der Waals surface area contributed by atoms with E-state index in [0.717, 1.165) is 10.9 Å². The van der Waals surface area contributed by atoms with E-state index in [1.807, 2.05) is 6.07 Å². The maximum atomic E-state index is 11.7. The number of rotatable bonds is 3. The van der Waals surface area contributed by atoms with E-state index in [9.17, 15) is 8.42 Å². The van der Waals surface area contributed by atoms with Crippen molar-refractivity contribution in [3.8, 4) is 0 Å². The van der Waals surface area contributed by atoms with Gasteiger partial charge >= 0.3 is 0 Å². The van der Waals surface area contributed by atoms with Crippen LogP contribution in [0.5, 0.6) is 0 Å². The highest BCUT2D eigenvalue weighted by atomic mass is 32.2. The molecule has 0 spiro atoms. The van der Waals surface area contributed by atoms with Gasteiger partial charge in [-0.2, -0.15) is 0 Å². The van der Waals surface area contributed by atoms with E-state index in [-0.39, 0.29) is 4.90 Å². The number of fused-ring (bicyclic) bond motifs is 1. The molecular weight excluding hydrogens is 224 g/mol. The van der Waals surface area contributed by atoms with Crippen LogP contribution in [-0.2, 0) is 10.0 Å². The van der Waals surface area contributed by atoms with Crippen molar-refractivity contribution in [3.63, 3.8) is 0 Å². The molecule has 0 saturated heterocycles. The summed E-state index contributed by atoms with van der Waals surface area (Å²) in [6, 6.07) is 8.52. The molecule has 1 N–H and O–H groups in total. The van der Waals surface area contributed by atoms with Gasteiger partial charge in [0.1, 0.15) is 0 Å². The number of aromatic nitrogens is 1. The van der Waals surface area contributed by atoms with E-state index >= 15 is 0 Å². The Bertz CT molecular complexity index is 608. The van der Waals surface area contributed by atoms with Crippen molar-refractivity contribution in [1.29, 1.82) is 0 Å². The fourth-order valence-electron chi connectivity index (χ4n) is 1.49. The first-order chi connectivity index (χ1) is 7.63. The monoisotopic (exact) mass is 236 g/mol. The summed E-state index contributed by atoms with van der Waals surface area (Å²) in [7, 11) is -3.38. The topological polar surface area (TPSA) is 59.1 Å². The molecule has 0 atom stereocenters. The second-order valence-electron chi connectivity index (χ2n) is 3.36. The first-order valence-electron chi connectivity index (χ1n) is 4.98. The Hall–Kier alpha value is -1.46. The van der Waals surface area contributed by atoms with Crippen molar-refractivity contribution in [1.82, 2.24) is 9.71 Å². The summed E-state index contributed by atoms with van der Waals surface area (Å²) in [6.07, 6.45) is 1.68. The molecular formula is C11H12N2O2S. The van der Waals surface area contributed by atoms with Crippen LogP contribution >= 0.6 is 0 Å². The van der Waals surface area contributed by atoms with E-state index in [2.05, 4.69) is 9.71 Å². The molecule has 0 saturated carbocycles. The maximum Gasteiger partial charge on any atom is 0.240 e. The first-order valence-corrected chi connectivity index (χ1v) is 6.46. The van der Waals surface area contributed by atoms with Crippen molar-refractivity contribution in [3.05, 3.63) is 36.5 Å². The van der Waals surface area contributed by atoms with Gasteiger partial charge in [0.05, 0.1) is 10.4 Å². The minimum absolute atomic E-state index is 0.273. The molecule has 84 valence electrons. The van der Waals surface area contributed by atoms with Gasteiger partial charge in [0, 0.05) is 18.1 Å². The molecule has 0 bridgehead atoms. The number of pyridine rings is 1. The summed E-state index contributed by atoms with van der Waals surface area (Å²) in [5.41, 5.74) is 0.790. The average molecular weight is 236 g/mol. The van der Waals surface area contributed by atoms with Crippen LogP contribution in [0.15, 0.2) is 41.4 Å². The zero-order chi connectivity index (χ0) is 11.6. The first kappa shape index (κ1) is 11.0. The lowest BCUT2D eigenvalue weighted by atomic mass is 10.2. The fourth-order valence-corrected chi connectivity index (χ4v) is 2.57. The Morgan fingerprint density at radius 3 is 2.88 bits per heavy atom. The lowest BCUT2D eigenvalue weighted by molar-refractivity contribution is 0.584. The summed E-state index contributed by atoms with van der Waals surface area (Å²) in [4.78, 5) is 4.41. The second-order valence-corrected chi connectivity index (χ2v) is 5.13. The van der Waals surface area contributed by atoms with Crippen molar-refractivity contribution < 1.29 is 8.42 Å². The number of hydrogen-bond donors (Lipinski definition) is 1. The number of nitrogens with one attached hydrogen (secondary N) is 1. The molecule has 0 amide bonds. The molecule has 2 rings (SSSR count). The van der Waals surface area contributed by atoms with E-state index in [1.165, 1.54) is 0 Å². The van der Waals surface area contributed by atoms with Gasteiger partial charge in [0.15, 0.2) is 0 Å². The van der Waals surface area contributed by atoms with Crippen molar-refractivity contribution >= 4 is 20.9 Å². The summed E-state index contributed by atoms with van der Waals surface area (Å²) in [5, 5.41) is 0.821. The Morgan fingerprint density at radius 2 is 2.12 bits per heavy atom. The number of sulfonamides is 1. The normalized spacial score (nSPS) is 11.8. The summed E-state index contributed by atoms with van der Waals surface area (Å²) in [6.45, 7) is 2.13. The molecule has 0 fully saturated rings. The van der Waals surface area contributed by atoms with Gasteiger partial charge in [0.25, 0.3) is 0 Å². The predicted octanol–water partition coefficient (Wildman–Crippen LogP) is 1.53. The van der Waals surface area contributed by atoms with Crippen LogP contribution in [0.3, 0.4) is 0 Å². The van der Waals surface area contributed by atoms with Crippen LogP contribution in [0.1, 0.15) is 6.92 Å². The standard InChI is InChI=1S/C11H12N2O2S/c1-2-13-16(14,15)10-5-6-11-9(8-10)4-3-7-12-11/h3-8,13H,2H2,1H3. The zero-order valence-corrected chi connectivity index (χ0v) is 9.66. The molecule has 1 heterocycles. The SMILES string of the molecule is CCNS(=O)(=O)c1ccc2ncccc2c1. The summed E-state index contributed by atoms with van der Waals surface area (Å²) < 4.78 is 25.9. The van der Waals surface area contributed by atoms with E-state index < -0.39 is 10.0 Å². The summed E-state index contributed by atoms with van der Waals surface area (Å²) in [5.74, 6) is 0. The highest BCUT2D eigenvalue weighted by Crippen LogP contribution is 2.16. The van der Waals surface area contributed by atoms with E-state index in [4.69, 9.17) is 0 Å². The van der Waals surface area contributed by atoms with Crippen molar-refractivity contribution in [2.24, 2.45) is 0 Å². The Kier molecular flexibility index (Phi) is 2.89. The van der Waals surface area contributed by atoms with Crippen LogP contribution in [-0.4, -0.2) is 19.9 Å². The summed E-state index contributed by atoms with van der Waals surface area (Å²) >= 11 is 0. The fraction of sp³-hybridized carbons (Fsp3) is 0.182. The Balaban J connectivity index is 2.55. The van der Waals surface area contributed by atoms with Crippen LogP contribution in [0.4, 0.5) is 0 Å². The van der Waals surface area contributed by atoms with Gasteiger partial charge in [0.2, 0.25) is 10.0 Å².